The molecule has 0 aliphatic carbocycles. The number of hydrogen-bond donors (Lipinski definition) is 2. The van der Waals surface area contributed by atoms with Gasteiger partial charge in [-0.3, -0.25) is 9.59 Å². The van der Waals surface area contributed by atoms with Crippen LogP contribution in [0.4, 0.5) is 0 Å². The molecule has 8 nitrogen and oxygen atoms in total. The fraction of sp³-hybridized carbons (Fsp3) is 0.176. The van der Waals surface area contributed by atoms with Gasteiger partial charge in [0.25, 0.3) is 0 Å². The third-order valence-corrected chi connectivity index (χ3v) is 5.50. The minimum Gasteiger partial charge on any atom is -0.467 e. The summed E-state index contributed by atoms with van der Waals surface area (Å²) in [6.45, 7) is 0.502. The van der Waals surface area contributed by atoms with E-state index in [4.69, 9.17) is 4.42 Å². The van der Waals surface area contributed by atoms with Gasteiger partial charge in [-0.1, -0.05) is 6.07 Å². The third-order valence-electron chi connectivity index (χ3n) is 3.77. The van der Waals surface area contributed by atoms with Gasteiger partial charge in [-0.05, 0) is 23.6 Å². The van der Waals surface area contributed by atoms with Gasteiger partial charge < -0.3 is 15.1 Å². The van der Waals surface area contributed by atoms with Crippen molar-refractivity contribution in [2.24, 2.45) is 0 Å². The number of carbonyl (C=O) groups is 2. The van der Waals surface area contributed by atoms with Crippen LogP contribution in [-0.2, 0) is 22.6 Å². The van der Waals surface area contributed by atoms with Crippen LogP contribution in [-0.4, -0.2) is 33.0 Å². The Balaban J connectivity index is 1.31. The van der Waals surface area contributed by atoms with Crippen molar-refractivity contribution in [3.63, 3.8) is 0 Å². The van der Waals surface area contributed by atoms with E-state index >= 15 is 0 Å². The first kappa shape index (κ1) is 17.4. The summed E-state index contributed by atoms with van der Waals surface area (Å²) in [6.07, 6.45) is 2.06. The number of amides is 2. The molecule has 0 fully saturated rings. The average molecular weight is 401 g/mol. The summed E-state index contributed by atoms with van der Waals surface area (Å²) in [5, 5.41) is 13.6. The Bertz CT molecular complexity index is 1050. The summed E-state index contributed by atoms with van der Waals surface area (Å²) in [5.74, 6) is -0.0857. The Morgan fingerprint density at radius 3 is 2.81 bits per heavy atom. The van der Waals surface area contributed by atoms with Gasteiger partial charge in [0.2, 0.25) is 4.96 Å². The molecule has 0 unspecified atom stereocenters. The zero-order valence-corrected chi connectivity index (χ0v) is 15.7. The molecule has 4 aromatic rings. The number of hydrogen-bond acceptors (Lipinski definition) is 7. The second-order valence-corrected chi connectivity index (χ2v) is 7.39. The molecule has 4 aromatic heterocycles. The van der Waals surface area contributed by atoms with Crippen LogP contribution in [0.3, 0.4) is 0 Å². The van der Waals surface area contributed by atoms with Gasteiger partial charge >= 0.3 is 11.8 Å². The zero-order chi connectivity index (χ0) is 18.6. The topological polar surface area (TPSA) is 102 Å². The maximum Gasteiger partial charge on any atom is 0.309 e. The molecule has 0 spiro atoms. The lowest BCUT2D eigenvalue weighted by molar-refractivity contribution is -0.139. The molecule has 27 heavy (non-hydrogen) atoms. The Labute approximate surface area is 161 Å². The third kappa shape index (κ3) is 3.91. The number of furan rings is 1. The predicted octanol–water partition coefficient (Wildman–Crippen LogP) is 2.09. The van der Waals surface area contributed by atoms with Crippen LogP contribution in [0.2, 0.25) is 0 Å². The maximum atomic E-state index is 11.9. The van der Waals surface area contributed by atoms with Crippen LogP contribution in [0.1, 0.15) is 11.5 Å². The van der Waals surface area contributed by atoms with E-state index in [0.717, 1.165) is 15.5 Å². The highest BCUT2D eigenvalue weighted by atomic mass is 32.1. The Morgan fingerprint density at radius 1 is 1.15 bits per heavy atom. The normalized spacial score (nSPS) is 11.0. The van der Waals surface area contributed by atoms with Crippen molar-refractivity contribution in [1.29, 1.82) is 0 Å². The molecule has 0 radical (unpaired) electrons. The van der Waals surface area contributed by atoms with Gasteiger partial charge in [0.05, 0.1) is 23.4 Å². The van der Waals surface area contributed by atoms with Gasteiger partial charge in [-0.2, -0.15) is 4.98 Å². The van der Waals surface area contributed by atoms with E-state index in [1.54, 1.807) is 28.0 Å². The summed E-state index contributed by atoms with van der Waals surface area (Å²) in [6, 6.07) is 7.38. The summed E-state index contributed by atoms with van der Waals surface area (Å²) >= 11 is 3.08. The van der Waals surface area contributed by atoms with E-state index in [-0.39, 0.29) is 6.54 Å². The molecule has 0 aliphatic rings. The molecule has 2 amide bonds. The smallest absolute Gasteiger partial charge is 0.309 e. The number of nitrogens with one attached hydrogen (secondary N) is 2. The number of aromatic nitrogens is 3. The molecular formula is C17H15N5O3S2. The first-order valence-electron chi connectivity index (χ1n) is 8.16. The molecule has 2 N–H and O–H groups in total. The Hall–Kier alpha value is -2.98. The van der Waals surface area contributed by atoms with E-state index in [1.807, 2.05) is 22.9 Å². The molecule has 0 bridgehead atoms. The van der Waals surface area contributed by atoms with Crippen LogP contribution >= 0.6 is 22.7 Å². The van der Waals surface area contributed by atoms with Crippen molar-refractivity contribution in [1.82, 2.24) is 25.2 Å². The van der Waals surface area contributed by atoms with Gasteiger partial charge in [0, 0.05) is 18.3 Å². The summed E-state index contributed by atoms with van der Waals surface area (Å²) < 4.78 is 6.88. The van der Waals surface area contributed by atoms with E-state index in [0.29, 0.717) is 24.6 Å². The van der Waals surface area contributed by atoms with Gasteiger partial charge in [-0.25, -0.2) is 4.52 Å². The van der Waals surface area contributed by atoms with Crippen LogP contribution < -0.4 is 10.6 Å². The standard InChI is InChI=1S/C17H15N5O3S2/c23-15(16(24)19-9-12-3-1-7-25-12)18-6-5-11-10-27-17-20-14(21-22(11)17)13-4-2-8-26-13/h1-4,7-8,10H,5-6,9H2,(H,18,23)(H,19,24). The number of thiophene rings is 1. The fourth-order valence-electron chi connectivity index (χ4n) is 2.45. The SMILES string of the molecule is O=C(NCCc1csc2nc(-c3cccs3)nn12)C(=O)NCc1ccco1. The molecule has 0 saturated carbocycles. The minimum absolute atomic E-state index is 0.175. The summed E-state index contributed by atoms with van der Waals surface area (Å²) in [7, 11) is 0. The van der Waals surface area contributed by atoms with Crippen LogP contribution in [0.15, 0.2) is 45.7 Å². The highest BCUT2D eigenvalue weighted by molar-refractivity contribution is 7.15. The number of thiazole rings is 1. The quantitative estimate of drug-likeness (QED) is 0.482. The van der Waals surface area contributed by atoms with Crippen LogP contribution in [0, 0.1) is 0 Å². The van der Waals surface area contributed by atoms with Crippen molar-refractivity contribution in [2.45, 2.75) is 13.0 Å². The van der Waals surface area contributed by atoms with Crippen LogP contribution in [0.5, 0.6) is 0 Å². The van der Waals surface area contributed by atoms with Crippen LogP contribution in [0.25, 0.3) is 15.7 Å². The molecule has 10 heteroatoms. The first-order chi connectivity index (χ1) is 13.2. The van der Waals surface area contributed by atoms with Crippen molar-refractivity contribution in [3.05, 3.63) is 52.7 Å². The molecule has 4 heterocycles. The Morgan fingerprint density at radius 2 is 2.04 bits per heavy atom. The highest BCUT2D eigenvalue weighted by Crippen LogP contribution is 2.24. The molecule has 0 atom stereocenters. The predicted molar refractivity (Wildman–Crippen MR) is 101 cm³/mol. The first-order valence-corrected chi connectivity index (χ1v) is 9.92. The lowest BCUT2D eigenvalue weighted by Crippen LogP contribution is -2.40. The number of carbonyl (C=O) groups excluding carboxylic acids is 2. The van der Waals surface area contributed by atoms with Gasteiger partial charge in [0.15, 0.2) is 5.82 Å². The van der Waals surface area contributed by atoms with Crippen molar-refractivity contribution >= 4 is 39.4 Å². The number of rotatable bonds is 6. The van der Waals surface area contributed by atoms with Gasteiger partial charge in [0.1, 0.15) is 5.76 Å². The average Bonchev–Trinajstić information content (AvgIpc) is 3.44. The lowest BCUT2D eigenvalue weighted by Gasteiger charge is -2.05. The molecule has 0 aliphatic heterocycles. The second kappa shape index (κ2) is 7.72. The van der Waals surface area contributed by atoms with Crippen molar-refractivity contribution in [3.8, 4) is 10.7 Å². The zero-order valence-electron chi connectivity index (χ0n) is 14.0. The molecule has 4 rings (SSSR count). The van der Waals surface area contributed by atoms with E-state index < -0.39 is 11.8 Å². The largest absolute Gasteiger partial charge is 0.467 e. The highest BCUT2D eigenvalue weighted by Gasteiger charge is 2.15. The van der Waals surface area contributed by atoms with E-state index in [9.17, 15) is 9.59 Å². The van der Waals surface area contributed by atoms with Crippen molar-refractivity contribution < 1.29 is 14.0 Å². The van der Waals surface area contributed by atoms with Crippen molar-refractivity contribution in [2.75, 3.05) is 6.54 Å². The van der Waals surface area contributed by atoms with Gasteiger partial charge in [-0.15, -0.1) is 27.8 Å². The summed E-state index contributed by atoms with van der Waals surface area (Å²) in [5.41, 5.74) is 0.932. The minimum atomic E-state index is -0.692. The Kier molecular flexibility index (Phi) is 4.99. The lowest BCUT2D eigenvalue weighted by atomic mass is 10.3. The molecule has 0 aromatic carbocycles. The number of nitrogens with zero attached hydrogens (tertiary/aromatic N) is 3. The molecule has 0 saturated heterocycles. The van der Waals surface area contributed by atoms with E-state index in [1.165, 1.54) is 17.6 Å². The number of fused-ring (bicyclic) bond motifs is 1. The monoisotopic (exact) mass is 401 g/mol. The molecular weight excluding hydrogens is 386 g/mol. The van der Waals surface area contributed by atoms with E-state index in [2.05, 4.69) is 20.7 Å². The maximum absolute atomic E-state index is 11.9. The fourth-order valence-corrected chi connectivity index (χ4v) is 3.96. The molecule has 138 valence electrons. The second-order valence-electron chi connectivity index (χ2n) is 5.60. The summed E-state index contributed by atoms with van der Waals surface area (Å²) in [4.78, 5) is 30.0.